The first-order chi connectivity index (χ1) is 6.25. The molecular weight excluding hydrogens is 198 g/mol. The highest BCUT2D eigenvalue weighted by Gasteiger charge is 2.21. The SMILES string of the molecule is Cc1ccc(SN2CCCC2C)s1. The van der Waals surface area contributed by atoms with E-state index in [9.17, 15) is 0 Å². The van der Waals surface area contributed by atoms with Crippen molar-refractivity contribution >= 4 is 23.3 Å². The Labute approximate surface area is 88.3 Å². The van der Waals surface area contributed by atoms with Crippen molar-refractivity contribution in [3.05, 3.63) is 17.0 Å². The minimum absolute atomic E-state index is 0.757. The zero-order chi connectivity index (χ0) is 9.26. The van der Waals surface area contributed by atoms with Crippen LogP contribution in [0.15, 0.2) is 16.3 Å². The molecule has 0 N–H and O–H groups in total. The second kappa shape index (κ2) is 4.03. The molecule has 0 amide bonds. The fraction of sp³-hybridized carbons (Fsp3) is 0.600. The van der Waals surface area contributed by atoms with Crippen LogP contribution in [0.4, 0.5) is 0 Å². The number of nitrogens with zero attached hydrogens (tertiary/aromatic N) is 1. The Morgan fingerprint density at radius 2 is 2.38 bits per heavy atom. The van der Waals surface area contributed by atoms with Crippen LogP contribution in [0, 0.1) is 6.92 Å². The number of thiophene rings is 1. The van der Waals surface area contributed by atoms with Gasteiger partial charge in [-0.25, -0.2) is 4.31 Å². The highest BCUT2D eigenvalue weighted by atomic mass is 32.2. The molecular formula is C10H15NS2. The first-order valence-electron chi connectivity index (χ1n) is 4.77. The van der Waals surface area contributed by atoms with E-state index in [4.69, 9.17) is 0 Å². The molecule has 1 aromatic rings. The number of hydrogen-bond acceptors (Lipinski definition) is 3. The maximum absolute atomic E-state index is 2.51. The predicted molar refractivity (Wildman–Crippen MR) is 60.3 cm³/mol. The molecule has 0 saturated carbocycles. The Balaban J connectivity index is 1.97. The van der Waals surface area contributed by atoms with Gasteiger partial charge in [0.25, 0.3) is 0 Å². The average molecular weight is 213 g/mol. The minimum atomic E-state index is 0.757. The topological polar surface area (TPSA) is 3.24 Å². The van der Waals surface area contributed by atoms with Crippen LogP contribution < -0.4 is 0 Å². The van der Waals surface area contributed by atoms with Crippen LogP contribution in [0.3, 0.4) is 0 Å². The molecule has 0 aliphatic carbocycles. The fourth-order valence-corrected chi connectivity index (χ4v) is 3.91. The van der Waals surface area contributed by atoms with Gasteiger partial charge in [0.15, 0.2) is 0 Å². The van der Waals surface area contributed by atoms with Gasteiger partial charge in [0.2, 0.25) is 0 Å². The summed E-state index contributed by atoms with van der Waals surface area (Å²) in [4.78, 5) is 1.41. The number of rotatable bonds is 2. The van der Waals surface area contributed by atoms with Crippen LogP contribution in [0.1, 0.15) is 24.6 Å². The van der Waals surface area contributed by atoms with Crippen molar-refractivity contribution in [2.24, 2.45) is 0 Å². The monoisotopic (exact) mass is 213 g/mol. The highest BCUT2D eigenvalue weighted by molar-refractivity contribution is 7.99. The van der Waals surface area contributed by atoms with Crippen molar-refractivity contribution in [3.8, 4) is 0 Å². The maximum Gasteiger partial charge on any atom is 0.0756 e. The molecule has 1 atom stereocenters. The third-order valence-corrected chi connectivity index (χ3v) is 4.78. The van der Waals surface area contributed by atoms with Gasteiger partial charge in [-0.2, -0.15) is 0 Å². The lowest BCUT2D eigenvalue weighted by Crippen LogP contribution is -2.18. The third kappa shape index (κ3) is 2.27. The Hall–Kier alpha value is 0.01000. The fourth-order valence-electron chi connectivity index (χ4n) is 1.62. The first kappa shape index (κ1) is 9.56. The van der Waals surface area contributed by atoms with Gasteiger partial charge in [0.1, 0.15) is 0 Å². The van der Waals surface area contributed by atoms with Gasteiger partial charge in [-0.05, 0) is 50.8 Å². The molecule has 0 spiro atoms. The summed E-state index contributed by atoms with van der Waals surface area (Å²) < 4.78 is 3.94. The smallest absolute Gasteiger partial charge is 0.0756 e. The molecule has 1 nitrogen and oxygen atoms in total. The van der Waals surface area contributed by atoms with Crippen molar-refractivity contribution in [2.75, 3.05) is 6.54 Å². The third-order valence-electron chi connectivity index (χ3n) is 2.41. The lowest BCUT2D eigenvalue weighted by molar-refractivity contribution is 0.468. The van der Waals surface area contributed by atoms with Crippen molar-refractivity contribution in [1.29, 1.82) is 0 Å². The van der Waals surface area contributed by atoms with Crippen molar-refractivity contribution < 1.29 is 0 Å². The molecule has 1 saturated heterocycles. The summed E-state index contributed by atoms with van der Waals surface area (Å²) in [5, 5.41) is 0. The molecule has 72 valence electrons. The van der Waals surface area contributed by atoms with E-state index in [0.717, 1.165) is 6.04 Å². The molecule has 2 rings (SSSR count). The number of hydrogen-bond donors (Lipinski definition) is 0. The molecule has 1 unspecified atom stereocenters. The Bertz CT molecular complexity index is 282. The molecule has 1 fully saturated rings. The zero-order valence-electron chi connectivity index (χ0n) is 8.12. The molecule has 1 aliphatic heterocycles. The quantitative estimate of drug-likeness (QED) is 0.691. The second-order valence-corrected chi connectivity index (χ2v) is 6.23. The molecule has 0 radical (unpaired) electrons. The van der Waals surface area contributed by atoms with E-state index in [2.05, 4.69) is 30.3 Å². The average Bonchev–Trinajstić information content (AvgIpc) is 2.64. The van der Waals surface area contributed by atoms with Gasteiger partial charge in [0.05, 0.1) is 4.21 Å². The maximum atomic E-state index is 2.51. The Morgan fingerprint density at radius 3 is 2.92 bits per heavy atom. The standard InChI is InChI=1S/C10H15NS2/c1-8-4-3-7-11(8)13-10-6-5-9(2)12-10/h5-6,8H,3-4,7H2,1-2H3. The molecule has 13 heavy (non-hydrogen) atoms. The van der Waals surface area contributed by atoms with E-state index in [1.165, 1.54) is 28.5 Å². The van der Waals surface area contributed by atoms with Crippen LogP contribution in [0.2, 0.25) is 0 Å². The summed E-state index contributed by atoms with van der Waals surface area (Å²) in [6.07, 6.45) is 2.72. The van der Waals surface area contributed by atoms with E-state index < -0.39 is 0 Å². The molecule has 2 heterocycles. The molecule has 0 aromatic carbocycles. The van der Waals surface area contributed by atoms with Gasteiger partial charge in [-0.3, -0.25) is 0 Å². The summed E-state index contributed by atoms with van der Waals surface area (Å²) in [5.41, 5.74) is 0. The lowest BCUT2D eigenvalue weighted by atomic mass is 10.3. The van der Waals surface area contributed by atoms with Gasteiger partial charge in [-0.15, -0.1) is 11.3 Å². The first-order valence-corrected chi connectivity index (χ1v) is 6.36. The minimum Gasteiger partial charge on any atom is -0.243 e. The van der Waals surface area contributed by atoms with Gasteiger partial charge in [0, 0.05) is 17.5 Å². The van der Waals surface area contributed by atoms with Gasteiger partial charge < -0.3 is 0 Å². The predicted octanol–water partition coefficient (Wildman–Crippen LogP) is 3.55. The van der Waals surface area contributed by atoms with Gasteiger partial charge >= 0.3 is 0 Å². The second-order valence-electron chi connectivity index (χ2n) is 3.59. The van der Waals surface area contributed by atoms with E-state index >= 15 is 0 Å². The van der Waals surface area contributed by atoms with Crippen LogP contribution >= 0.6 is 23.3 Å². The van der Waals surface area contributed by atoms with Crippen LogP contribution in [0.5, 0.6) is 0 Å². The van der Waals surface area contributed by atoms with Crippen LogP contribution in [-0.4, -0.2) is 16.9 Å². The molecule has 1 aromatic heterocycles. The van der Waals surface area contributed by atoms with Crippen LogP contribution in [-0.2, 0) is 0 Å². The Kier molecular flexibility index (Phi) is 2.96. The van der Waals surface area contributed by atoms with E-state index in [1.807, 2.05) is 23.3 Å². The summed E-state index contributed by atoms with van der Waals surface area (Å²) in [6.45, 7) is 5.74. The molecule has 1 aliphatic rings. The van der Waals surface area contributed by atoms with Crippen LogP contribution in [0.25, 0.3) is 0 Å². The van der Waals surface area contributed by atoms with Crippen molar-refractivity contribution in [3.63, 3.8) is 0 Å². The van der Waals surface area contributed by atoms with E-state index in [0.29, 0.717) is 0 Å². The highest BCUT2D eigenvalue weighted by Crippen LogP contribution is 2.34. The van der Waals surface area contributed by atoms with Gasteiger partial charge in [-0.1, -0.05) is 0 Å². The van der Waals surface area contributed by atoms with E-state index in [-0.39, 0.29) is 0 Å². The summed E-state index contributed by atoms with van der Waals surface area (Å²) in [5.74, 6) is 0. The largest absolute Gasteiger partial charge is 0.243 e. The lowest BCUT2D eigenvalue weighted by Gasteiger charge is -2.17. The normalized spacial score (nSPS) is 24.0. The summed E-state index contributed by atoms with van der Waals surface area (Å²) >= 11 is 3.83. The van der Waals surface area contributed by atoms with Crippen molar-refractivity contribution in [1.82, 2.24) is 4.31 Å². The number of aryl methyl sites for hydroxylation is 1. The zero-order valence-corrected chi connectivity index (χ0v) is 9.75. The molecule has 0 bridgehead atoms. The Morgan fingerprint density at radius 1 is 1.54 bits per heavy atom. The molecule has 3 heteroatoms. The summed E-state index contributed by atoms with van der Waals surface area (Å²) in [7, 11) is 0. The summed E-state index contributed by atoms with van der Waals surface area (Å²) in [6, 6.07) is 5.19. The van der Waals surface area contributed by atoms with E-state index in [1.54, 1.807) is 0 Å². The van der Waals surface area contributed by atoms with Crippen molar-refractivity contribution in [2.45, 2.75) is 36.9 Å².